The fourth-order valence-electron chi connectivity index (χ4n) is 0.0590. The van der Waals surface area contributed by atoms with E-state index in [1.165, 1.54) is 0 Å². The van der Waals surface area contributed by atoms with Crippen LogP contribution in [0, 0.1) is 0 Å². The number of hydrogen-bond donors (Lipinski definition) is 1. The van der Waals surface area contributed by atoms with Gasteiger partial charge in [-0.05, 0) is 11.5 Å². The minimum absolute atomic E-state index is 0.256. The fourth-order valence-corrected chi connectivity index (χ4v) is 0.531. The van der Waals surface area contributed by atoms with Gasteiger partial charge in [0.15, 0.2) is 5.66 Å². The van der Waals surface area contributed by atoms with Crippen LogP contribution in [0.1, 0.15) is 6.92 Å². The molecule has 0 heterocycles. The Morgan fingerprint density at radius 3 is 2.43 bits per heavy atom. The number of halogens is 1. The summed E-state index contributed by atoms with van der Waals surface area (Å²) in [6, 6.07) is 0. The summed E-state index contributed by atoms with van der Waals surface area (Å²) < 4.78 is 9.99. The summed E-state index contributed by atoms with van der Waals surface area (Å²) in [6.45, 7) is 1.63. The van der Waals surface area contributed by atoms with Gasteiger partial charge in [-0.3, -0.25) is 0 Å². The van der Waals surface area contributed by atoms with Crippen molar-refractivity contribution in [2.24, 2.45) is 0 Å². The third-order valence-corrected chi connectivity index (χ3v) is 2.22. The van der Waals surface area contributed by atoms with Crippen LogP contribution in [0.2, 0.25) is 0 Å². The number of rotatable bonds is 2. The Morgan fingerprint density at radius 2 is 2.43 bits per heavy atom. The Kier molecular flexibility index (Phi) is 3.53. The predicted molar refractivity (Wildman–Crippen MR) is 30.0 cm³/mol. The van der Waals surface area contributed by atoms with Crippen molar-refractivity contribution in [3.05, 3.63) is 0 Å². The van der Waals surface area contributed by atoms with Gasteiger partial charge < -0.3 is 0 Å². The first-order valence-corrected chi connectivity index (χ1v) is 3.71. The lowest BCUT2D eigenvalue weighted by molar-refractivity contribution is 0.495. The molecule has 0 aromatic rings. The van der Waals surface area contributed by atoms with Gasteiger partial charge in [0.1, 0.15) is 0 Å². The minimum Gasteiger partial charge on any atom is -0.160 e. The molecule has 2 nitrogen and oxygen atoms in total. The van der Waals surface area contributed by atoms with Crippen molar-refractivity contribution in [1.29, 1.82) is 0 Å². The van der Waals surface area contributed by atoms with E-state index in [0.29, 0.717) is 0 Å². The minimum atomic E-state index is -2.04. The van der Waals surface area contributed by atoms with Crippen molar-refractivity contribution in [3.63, 3.8) is 0 Å². The first-order chi connectivity index (χ1) is 3.18. The molecule has 0 fully saturated rings. The van der Waals surface area contributed by atoms with Crippen LogP contribution in [0.5, 0.6) is 0 Å². The molecule has 2 atom stereocenters. The van der Waals surface area contributed by atoms with E-state index in [9.17, 15) is 4.57 Å². The smallest absolute Gasteiger partial charge is 0.160 e. The third kappa shape index (κ3) is 2.98. The monoisotopic (exact) mass is 141 g/mol. The first kappa shape index (κ1) is 7.35. The van der Waals surface area contributed by atoms with Gasteiger partial charge in [-0.1, -0.05) is 0 Å². The highest BCUT2D eigenvalue weighted by Gasteiger charge is 2.20. The van der Waals surface area contributed by atoms with Crippen LogP contribution in [0.4, 0.5) is 0 Å². The lowest BCUT2D eigenvalue weighted by Crippen LogP contribution is -1.94. The Hall–Kier alpha value is 0.350. The van der Waals surface area contributed by atoms with Crippen LogP contribution in [0.25, 0.3) is 0 Å². The molecule has 0 aromatic heterocycles. The van der Waals surface area contributed by atoms with Crippen molar-refractivity contribution in [1.82, 2.24) is 0 Å². The molecular weight excluding hydrogens is 134 g/mol. The van der Waals surface area contributed by atoms with Gasteiger partial charge in [-0.15, -0.1) is 11.6 Å². The van der Waals surface area contributed by atoms with Crippen LogP contribution >= 0.6 is 19.6 Å². The average Bonchev–Trinajstić information content (AvgIpc) is 1.65. The van der Waals surface area contributed by atoms with Crippen molar-refractivity contribution in [2.75, 3.05) is 5.88 Å². The van der Waals surface area contributed by atoms with Crippen LogP contribution in [-0.4, -0.2) is 16.4 Å². The van der Waals surface area contributed by atoms with Crippen LogP contribution < -0.4 is 0 Å². The molecule has 0 rings (SSSR count). The molecule has 0 spiro atoms. The molecule has 2 unspecified atom stereocenters. The van der Waals surface area contributed by atoms with E-state index in [2.05, 4.69) is 0 Å². The molecule has 0 aliphatic heterocycles. The average molecular weight is 142 g/mol. The summed E-state index contributed by atoms with van der Waals surface area (Å²) in [5.41, 5.74) is -0.267. The van der Waals surface area contributed by atoms with E-state index >= 15 is 0 Å². The van der Waals surface area contributed by atoms with Crippen LogP contribution in [0.3, 0.4) is 0 Å². The Balaban J connectivity index is 3.34. The fraction of sp³-hybridized carbons (Fsp3) is 1.00. The first-order valence-electron chi connectivity index (χ1n) is 1.89. The molecule has 0 bridgehead atoms. The predicted octanol–water partition coefficient (Wildman–Crippen LogP) is 1.35. The van der Waals surface area contributed by atoms with Gasteiger partial charge in [0.05, 0.1) is 5.88 Å². The van der Waals surface area contributed by atoms with Gasteiger partial charge in [0.2, 0.25) is 0 Å². The van der Waals surface area contributed by atoms with Crippen molar-refractivity contribution >= 4 is 19.6 Å². The molecule has 0 saturated heterocycles. The second kappa shape index (κ2) is 3.36. The maximum absolute atomic E-state index is 9.99. The summed E-state index contributed by atoms with van der Waals surface area (Å²) in [4.78, 5) is 8.25. The molecule has 0 saturated carbocycles. The normalized spacial score (nSPS) is 16.1. The SMILES string of the molecule is CC(CCl)[P+](=O)O. The maximum atomic E-state index is 9.99. The molecule has 42 valence electrons. The lowest BCUT2D eigenvalue weighted by atomic mass is 10.6. The molecule has 1 N–H and O–H groups in total. The topological polar surface area (TPSA) is 37.3 Å². The largest absolute Gasteiger partial charge is 0.509 e. The van der Waals surface area contributed by atoms with E-state index in [-0.39, 0.29) is 11.5 Å². The van der Waals surface area contributed by atoms with Gasteiger partial charge >= 0.3 is 8.03 Å². The summed E-state index contributed by atoms with van der Waals surface area (Å²) in [5, 5.41) is 0. The highest BCUT2D eigenvalue weighted by atomic mass is 35.5. The summed E-state index contributed by atoms with van der Waals surface area (Å²) >= 11 is 5.20. The Bertz CT molecular complexity index is 75.3. The van der Waals surface area contributed by atoms with Crippen molar-refractivity contribution in [3.8, 4) is 0 Å². The molecule has 4 heteroatoms. The third-order valence-electron chi connectivity index (χ3n) is 0.600. The zero-order valence-corrected chi connectivity index (χ0v) is 5.62. The van der Waals surface area contributed by atoms with Gasteiger partial charge in [-0.2, -0.15) is 4.89 Å². The summed E-state index contributed by atoms with van der Waals surface area (Å²) in [5.74, 6) is 0.256. The van der Waals surface area contributed by atoms with E-state index < -0.39 is 8.03 Å². The van der Waals surface area contributed by atoms with E-state index in [0.717, 1.165) is 0 Å². The van der Waals surface area contributed by atoms with Gasteiger partial charge in [0.25, 0.3) is 0 Å². The molecule has 0 radical (unpaired) electrons. The van der Waals surface area contributed by atoms with Crippen molar-refractivity contribution in [2.45, 2.75) is 12.6 Å². The summed E-state index contributed by atoms with van der Waals surface area (Å²) in [7, 11) is -2.04. The van der Waals surface area contributed by atoms with Crippen molar-refractivity contribution < 1.29 is 9.46 Å². The maximum Gasteiger partial charge on any atom is 0.509 e. The molecule has 7 heavy (non-hydrogen) atoms. The second-order valence-corrected chi connectivity index (χ2v) is 3.10. The quantitative estimate of drug-likeness (QED) is 0.466. The molecule has 0 aliphatic rings. The highest BCUT2D eigenvalue weighted by molar-refractivity contribution is 7.39. The Labute approximate surface area is 48.4 Å². The molecule has 0 aliphatic carbocycles. The van der Waals surface area contributed by atoms with E-state index in [4.69, 9.17) is 16.5 Å². The zero-order valence-electron chi connectivity index (χ0n) is 3.97. The Morgan fingerprint density at radius 1 is 2.00 bits per heavy atom. The molecule has 0 aromatic carbocycles. The van der Waals surface area contributed by atoms with Gasteiger partial charge in [0, 0.05) is 0 Å². The second-order valence-electron chi connectivity index (χ2n) is 1.31. The van der Waals surface area contributed by atoms with Crippen LogP contribution in [-0.2, 0) is 4.57 Å². The van der Waals surface area contributed by atoms with E-state index in [1.807, 2.05) is 0 Å². The number of alkyl halides is 1. The molecule has 0 amide bonds. The standard InChI is InChI=1S/C3H6ClO2P/c1-3(2-4)7(5)6/h3H,2H2,1H3/p+1. The van der Waals surface area contributed by atoms with Gasteiger partial charge in [-0.25, -0.2) is 0 Å². The van der Waals surface area contributed by atoms with E-state index in [1.54, 1.807) is 6.92 Å². The number of hydrogen-bond acceptors (Lipinski definition) is 1. The lowest BCUT2D eigenvalue weighted by Gasteiger charge is -1.82. The zero-order chi connectivity index (χ0) is 5.86. The molecular formula is C3H7ClO2P+. The highest BCUT2D eigenvalue weighted by Crippen LogP contribution is 2.21. The van der Waals surface area contributed by atoms with Crippen LogP contribution in [0.15, 0.2) is 0 Å². The summed E-state index contributed by atoms with van der Waals surface area (Å²) in [6.07, 6.45) is 0.